The Morgan fingerprint density at radius 3 is 2.27 bits per heavy atom. The van der Waals surface area contributed by atoms with E-state index in [4.69, 9.17) is 9.29 Å². The lowest BCUT2D eigenvalue weighted by atomic mass is 10.3. The predicted octanol–water partition coefficient (Wildman–Crippen LogP) is 0.473. The Bertz CT molecular complexity index is 370. The number of ether oxygens (including phenoxy) is 2. The van der Waals surface area contributed by atoms with E-state index in [0.29, 0.717) is 13.2 Å². The number of piperazine rings is 1. The molecule has 0 spiro atoms. The fraction of sp³-hybridized carbons (Fsp3) is 0.714. The molecule has 22 heavy (non-hydrogen) atoms. The fourth-order valence-corrected chi connectivity index (χ4v) is 2.37. The number of carbonyl (C=O) groups is 2. The van der Waals surface area contributed by atoms with Crippen LogP contribution in [0.5, 0.6) is 0 Å². The van der Waals surface area contributed by atoms with Crippen molar-refractivity contribution in [3.05, 3.63) is 12.2 Å². The lowest BCUT2D eigenvalue weighted by Gasteiger charge is -2.34. The third-order valence-corrected chi connectivity index (χ3v) is 3.85. The minimum atomic E-state index is -0.576. The summed E-state index contributed by atoms with van der Waals surface area (Å²) in [6.07, 6.45) is 3.11. The lowest BCUT2D eigenvalue weighted by Crippen LogP contribution is -2.47. The molecule has 1 aliphatic heterocycles. The quantitative estimate of drug-likeness (QED) is 0.283. The van der Waals surface area contributed by atoms with E-state index in [-0.39, 0.29) is 0 Å². The maximum Gasteiger partial charge on any atom is 0.331 e. The Morgan fingerprint density at radius 1 is 1.09 bits per heavy atom. The van der Waals surface area contributed by atoms with Crippen molar-refractivity contribution in [2.45, 2.75) is 6.42 Å². The summed E-state index contributed by atoms with van der Waals surface area (Å²) < 4.78 is 18.1. The molecular formula is C14H24N2O5S. The first-order chi connectivity index (χ1) is 10.7. The first-order valence-corrected chi connectivity index (χ1v) is 8.24. The Morgan fingerprint density at radius 2 is 1.68 bits per heavy atom. The topological polar surface area (TPSA) is 79.3 Å². The second kappa shape index (κ2) is 11.5. The maximum absolute atomic E-state index is 11.3. The summed E-state index contributed by atoms with van der Waals surface area (Å²) in [6.45, 7) is 5.89. The van der Waals surface area contributed by atoms with E-state index in [1.165, 1.54) is 7.11 Å². The zero-order valence-electron chi connectivity index (χ0n) is 12.9. The van der Waals surface area contributed by atoms with E-state index in [1.54, 1.807) is 0 Å². The Labute approximate surface area is 135 Å². The first-order valence-electron chi connectivity index (χ1n) is 7.29. The molecule has 0 radical (unpaired) electrons. The Kier molecular flexibility index (Phi) is 9.89. The molecule has 1 fully saturated rings. The van der Waals surface area contributed by atoms with Crippen LogP contribution in [0.25, 0.3) is 0 Å². The second-order valence-corrected chi connectivity index (χ2v) is 5.56. The van der Waals surface area contributed by atoms with Gasteiger partial charge in [-0.05, 0) is 25.0 Å². The van der Waals surface area contributed by atoms with Gasteiger partial charge in [0.15, 0.2) is 0 Å². The summed E-state index contributed by atoms with van der Waals surface area (Å²) in [6, 6.07) is 0. The smallest absolute Gasteiger partial charge is 0.331 e. The molecule has 1 N–H and O–H groups in total. The molecule has 0 aliphatic carbocycles. The van der Waals surface area contributed by atoms with Crippen LogP contribution in [0.1, 0.15) is 6.42 Å². The van der Waals surface area contributed by atoms with Crippen LogP contribution in [-0.2, 0) is 19.1 Å². The predicted molar refractivity (Wildman–Crippen MR) is 84.7 cm³/mol. The SMILES string of the molecule is COC(=O)/C=C/C(=O)OCCN1CCN(CCCSO)CC1. The molecule has 1 rings (SSSR count). The molecule has 8 heteroatoms. The van der Waals surface area contributed by atoms with E-state index in [0.717, 1.165) is 69.1 Å². The van der Waals surface area contributed by atoms with E-state index < -0.39 is 11.9 Å². The monoisotopic (exact) mass is 332 g/mol. The van der Waals surface area contributed by atoms with Crippen LogP contribution in [0.15, 0.2) is 12.2 Å². The van der Waals surface area contributed by atoms with Crippen molar-refractivity contribution in [3.8, 4) is 0 Å². The lowest BCUT2D eigenvalue weighted by molar-refractivity contribution is -0.139. The number of hydrogen-bond acceptors (Lipinski definition) is 8. The van der Waals surface area contributed by atoms with E-state index >= 15 is 0 Å². The van der Waals surface area contributed by atoms with Crippen LogP contribution in [0.4, 0.5) is 0 Å². The van der Waals surface area contributed by atoms with E-state index in [2.05, 4.69) is 14.5 Å². The summed E-state index contributed by atoms with van der Waals surface area (Å²) in [7, 11) is 1.25. The van der Waals surface area contributed by atoms with Gasteiger partial charge in [0.25, 0.3) is 0 Å². The van der Waals surface area contributed by atoms with Gasteiger partial charge in [-0.25, -0.2) is 9.59 Å². The summed E-state index contributed by atoms with van der Waals surface area (Å²) in [5.74, 6) is -0.340. The minimum Gasteiger partial charge on any atom is -0.466 e. The van der Waals surface area contributed by atoms with E-state index in [1.807, 2.05) is 0 Å². The molecule has 1 heterocycles. The maximum atomic E-state index is 11.3. The highest BCUT2D eigenvalue weighted by Gasteiger charge is 2.16. The zero-order chi connectivity index (χ0) is 16.2. The van der Waals surface area contributed by atoms with Crippen LogP contribution < -0.4 is 0 Å². The standard InChI is InChI=1S/C14H24N2O5S/c1-20-13(17)3-4-14(18)21-11-10-16-8-6-15(7-9-16)5-2-12-22-19/h3-4,19H,2,5-12H2,1H3/b4-3+. The average Bonchev–Trinajstić information content (AvgIpc) is 2.54. The molecule has 0 aromatic heterocycles. The van der Waals surface area contributed by atoms with Crippen molar-refractivity contribution >= 4 is 24.0 Å². The molecule has 0 atom stereocenters. The molecule has 0 amide bonds. The van der Waals surface area contributed by atoms with Gasteiger partial charge in [0.1, 0.15) is 6.61 Å². The highest BCUT2D eigenvalue weighted by atomic mass is 32.2. The van der Waals surface area contributed by atoms with Crippen molar-refractivity contribution < 1.29 is 23.6 Å². The largest absolute Gasteiger partial charge is 0.466 e. The average molecular weight is 332 g/mol. The van der Waals surface area contributed by atoms with Gasteiger partial charge >= 0.3 is 11.9 Å². The van der Waals surface area contributed by atoms with E-state index in [9.17, 15) is 9.59 Å². The Hall–Kier alpha value is -1.09. The number of rotatable bonds is 9. The highest BCUT2D eigenvalue weighted by Crippen LogP contribution is 2.04. The number of carbonyl (C=O) groups excluding carboxylic acids is 2. The number of esters is 2. The van der Waals surface area contributed by atoms with Crippen LogP contribution in [-0.4, -0.2) is 85.0 Å². The summed E-state index contributed by atoms with van der Waals surface area (Å²) in [5, 5.41) is 0. The van der Waals surface area contributed by atoms with Crippen LogP contribution >= 0.6 is 12.0 Å². The van der Waals surface area contributed by atoms with Gasteiger partial charge < -0.3 is 18.9 Å². The minimum absolute atomic E-state index is 0.311. The molecular weight excluding hydrogens is 308 g/mol. The number of nitrogens with zero attached hydrogens (tertiary/aromatic N) is 2. The van der Waals surface area contributed by atoms with Crippen molar-refractivity contribution in [2.24, 2.45) is 0 Å². The third-order valence-electron chi connectivity index (χ3n) is 3.38. The van der Waals surface area contributed by atoms with Crippen molar-refractivity contribution in [2.75, 3.05) is 58.7 Å². The molecule has 0 aromatic rings. The highest BCUT2D eigenvalue weighted by molar-refractivity contribution is 7.93. The number of hydrogen-bond donors (Lipinski definition) is 1. The Balaban J connectivity index is 2.08. The molecule has 1 saturated heterocycles. The van der Waals surface area contributed by atoms with Gasteiger partial charge in [-0.2, -0.15) is 0 Å². The number of methoxy groups -OCH3 is 1. The normalized spacial score (nSPS) is 16.8. The van der Waals surface area contributed by atoms with Gasteiger partial charge in [0, 0.05) is 50.6 Å². The summed E-state index contributed by atoms with van der Waals surface area (Å²) in [5.41, 5.74) is 0. The van der Waals surface area contributed by atoms with Crippen LogP contribution in [0.3, 0.4) is 0 Å². The van der Waals surface area contributed by atoms with Crippen molar-refractivity contribution in [3.63, 3.8) is 0 Å². The van der Waals surface area contributed by atoms with Crippen molar-refractivity contribution in [1.82, 2.24) is 9.80 Å². The van der Waals surface area contributed by atoms with Gasteiger partial charge in [-0.15, -0.1) is 0 Å². The summed E-state index contributed by atoms with van der Waals surface area (Å²) in [4.78, 5) is 26.8. The first kappa shape index (κ1) is 19.0. The molecule has 7 nitrogen and oxygen atoms in total. The molecule has 0 aromatic carbocycles. The van der Waals surface area contributed by atoms with Crippen molar-refractivity contribution in [1.29, 1.82) is 0 Å². The zero-order valence-corrected chi connectivity index (χ0v) is 13.7. The van der Waals surface area contributed by atoms with Crippen LogP contribution in [0.2, 0.25) is 0 Å². The van der Waals surface area contributed by atoms with Gasteiger partial charge in [-0.1, -0.05) is 0 Å². The van der Waals surface area contributed by atoms with Gasteiger partial charge in [-0.3, -0.25) is 4.90 Å². The summed E-state index contributed by atoms with van der Waals surface area (Å²) >= 11 is 0.892. The molecule has 0 saturated carbocycles. The molecule has 0 bridgehead atoms. The fourth-order valence-electron chi connectivity index (χ4n) is 2.12. The van der Waals surface area contributed by atoms with Gasteiger partial charge in [0.2, 0.25) is 0 Å². The van der Waals surface area contributed by atoms with Crippen LogP contribution in [0, 0.1) is 0 Å². The molecule has 126 valence electrons. The van der Waals surface area contributed by atoms with Gasteiger partial charge in [0.05, 0.1) is 7.11 Å². The second-order valence-electron chi connectivity index (χ2n) is 4.89. The third kappa shape index (κ3) is 8.38. The molecule has 1 aliphatic rings. The molecule has 0 unspecified atom stereocenters.